The van der Waals surface area contributed by atoms with E-state index in [0.29, 0.717) is 13.0 Å². The van der Waals surface area contributed by atoms with Crippen LogP contribution in [0.2, 0.25) is 0 Å². The molecule has 3 aromatic carbocycles. The standard InChI is InChI=1S/C21H18N2O/c24-21(12-18-14-22-20-8-4-3-7-19(18)20)23-13-15-9-10-16-5-1-2-6-17(16)11-15/h1-11,14,22H,12-13H2,(H,23,24). The van der Waals surface area contributed by atoms with Crippen molar-refractivity contribution in [2.45, 2.75) is 13.0 Å². The van der Waals surface area contributed by atoms with E-state index in [4.69, 9.17) is 0 Å². The molecule has 0 spiro atoms. The molecule has 3 nitrogen and oxygen atoms in total. The van der Waals surface area contributed by atoms with Gasteiger partial charge in [-0.2, -0.15) is 0 Å². The molecule has 3 heteroatoms. The van der Waals surface area contributed by atoms with Crippen molar-refractivity contribution in [2.24, 2.45) is 0 Å². The Hall–Kier alpha value is -3.07. The lowest BCUT2D eigenvalue weighted by atomic mass is 10.1. The minimum atomic E-state index is 0.0351. The number of H-pyrrole nitrogens is 1. The topological polar surface area (TPSA) is 44.9 Å². The highest BCUT2D eigenvalue weighted by atomic mass is 16.1. The lowest BCUT2D eigenvalue weighted by Crippen LogP contribution is -2.24. The van der Waals surface area contributed by atoms with Crippen LogP contribution in [0.15, 0.2) is 72.9 Å². The molecule has 24 heavy (non-hydrogen) atoms. The summed E-state index contributed by atoms with van der Waals surface area (Å²) in [6.45, 7) is 0.548. The summed E-state index contributed by atoms with van der Waals surface area (Å²) in [7, 11) is 0. The maximum atomic E-state index is 12.3. The van der Waals surface area contributed by atoms with Gasteiger partial charge in [0.2, 0.25) is 5.91 Å². The van der Waals surface area contributed by atoms with E-state index in [2.05, 4.69) is 40.6 Å². The third-order valence-corrected chi connectivity index (χ3v) is 4.33. The van der Waals surface area contributed by atoms with E-state index in [0.717, 1.165) is 22.0 Å². The first-order valence-electron chi connectivity index (χ1n) is 8.09. The van der Waals surface area contributed by atoms with E-state index in [1.165, 1.54) is 10.8 Å². The largest absolute Gasteiger partial charge is 0.361 e. The molecule has 0 fully saturated rings. The zero-order chi connectivity index (χ0) is 16.4. The van der Waals surface area contributed by atoms with Crippen molar-refractivity contribution in [3.63, 3.8) is 0 Å². The molecule has 0 bridgehead atoms. The van der Waals surface area contributed by atoms with Gasteiger partial charge in [-0.1, -0.05) is 54.6 Å². The SMILES string of the molecule is O=C(Cc1c[nH]c2ccccc12)NCc1ccc2ccccc2c1. The molecular formula is C21H18N2O. The highest BCUT2D eigenvalue weighted by Crippen LogP contribution is 2.18. The first-order valence-corrected chi connectivity index (χ1v) is 8.09. The molecule has 1 heterocycles. The van der Waals surface area contributed by atoms with Gasteiger partial charge < -0.3 is 10.3 Å². The molecule has 118 valence electrons. The Balaban J connectivity index is 1.44. The van der Waals surface area contributed by atoms with Gasteiger partial charge in [-0.25, -0.2) is 0 Å². The molecule has 0 aliphatic heterocycles. The normalized spacial score (nSPS) is 11.0. The van der Waals surface area contributed by atoms with E-state index >= 15 is 0 Å². The van der Waals surface area contributed by atoms with Gasteiger partial charge >= 0.3 is 0 Å². The molecule has 4 aromatic rings. The van der Waals surface area contributed by atoms with Crippen LogP contribution in [0.25, 0.3) is 21.7 Å². The van der Waals surface area contributed by atoms with Gasteiger partial charge in [-0.3, -0.25) is 4.79 Å². The molecule has 1 aromatic heterocycles. The van der Waals surface area contributed by atoms with Crippen LogP contribution >= 0.6 is 0 Å². The molecule has 0 saturated carbocycles. The fourth-order valence-electron chi connectivity index (χ4n) is 3.06. The lowest BCUT2D eigenvalue weighted by Gasteiger charge is -2.06. The number of hydrogen-bond acceptors (Lipinski definition) is 1. The van der Waals surface area contributed by atoms with Crippen LogP contribution in [0, 0.1) is 0 Å². The number of nitrogens with one attached hydrogen (secondary N) is 2. The minimum absolute atomic E-state index is 0.0351. The summed E-state index contributed by atoms with van der Waals surface area (Å²) in [5.74, 6) is 0.0351. The van der Waals surface area contributed by atoms with Crippen LogP contribution in [0.1, 0.15) is 11.1 Å². The first-order chi connectivity index (χ1) is 11.8. The van der Waals surface area contributed by atoms with Gasteiger partial charge in [-0.05, 0) is 34.0 Å². The van der Waals surface area contributed by atoms with Crippen LogP contribution in [0.4, 0.5) is 0 Å². The number of carbonyl (C=O) groups excluding carboxylic acids is 1. The van der Waals surface area contributed by atoms with Crippen LogP contribution in [0.5, 0.6) is 0 Å². The summed E-state index contributed by atoms with van der Waals surface area (Å²) in [6, 6.07) is 22.6. The van der Waals surface area contributed by atoms with Gasteiger partial charge in [-0.15, -0.1) is 0 Å². The number of hydrogen-bond donors (Lipinski definition) is 2. The molecule has 0 radical (unpaired) electrons. The van der Waals surface area contributed by atoms with Crippen LogP contribution in [-0.4, -0.2) is 10.9 Å². The number of aromatic nitrogens is 1. The van der Waals surface area contributed by atoms with Gasteiger partial charge in [0.05, 0.1) is 6.42 Å². The number of para-hydroxylation sites is 1. The number of fused-ring (bicyclic) bond motifs is 2. The number of amides is 1. The monoisotopic (exact) mass is 314 g/mol. The van der Waals surface area contributed by atoms with Crippen molar-refractivity contribution < 1.29 is 4.79 Å². The molecule has 1 amide bonds. The Kier molecular flexibility index (Phi) is 3.75. The predicted octanol–water partition coefficient (Wildman–Crippen LogP) is 4.18. The van der Waals surface area contributed by atoms with Crippen molar-refractivity contribution in [1.29, 1.82) is 0 Å². The van der Waals surface area contributed by atoms with E-state index in [-0.39, 0.29) is 5.91 Å². The van der Waals surface area contributed by atoms with E-state index in [9.17, 15) is 4.79 Å². The zero-order valence-corrected chi connectivity index (χ0v) is 13.3. The second-order valence-electron chi connectivity index (χ2n) is 5.99. The quantitative estimate of drug-likeness (QED) is 0.583. The molecule has 2 N–H and O–H groups in total. The zero-order valence-electron chi connectivity index (χ0n) is 13.3. The highest BCUT2D eigenvalue weighted by Gasteiger charge is 2.08. The molecule has 4 rings (SSSR count). The van der Waals surface area contributed by atoms with Crippen LogP contribution in [-0.2, 0) is 17.8 Å². The van der Waals surface area contributed by atoms with Crippen molar-refractivity contribution in [3.05, 3.63) is 84.1 Å². The number of benzene rings is 3. The lowest BCUT2D eigenvalue weighted by molar-refractivity contribution is -0.120. The molecule has 0 atom stereocenters. The van der Waals surface area contributed by atoms with Gasteiger partial charge in [0.15, 0.2) is 0 Å². The minimum Gasteiger partial charge on any atom is -0.361 e. The van der Waals surface area contributed by atoms with Crippen LogP contribution in [0.3, 0.4) is 0 Å². The predicted molar refractivity (Wildman–Crippen MR) is 97.8 cm³/mol. The summed E-state index contributed by atoms with van der Waals surface area (Å²) >= 11 is 0. The Morgan fingerprint density at radius 2 is 1.71 bits per heavy atom. The fraction of sp³-hybridized carbons (Fsp3) is 0.0952. The van der Waals surface area contributed by atoms with E-state index in [1.807, 2.05) is 42.6 Å². The Morgan fingerprint density at radius 1 is 0.917 bits per heavy atom. The smallest absolute Gasteiger partial charge is 0.224 e. The van der Waals surface area contributed by atoms with E-state index in [1.54, 1.807) is 0 Å². The van der Waals surface area contributed by atoms with Crippen molar-refractivity contribution in [1.82, 2.24) is 10.3 Å². The molecule has 0 saturated heterocycles. The number of aromatic amines is 1. The third kappa shape index (κ3) is 2.88. The second-order valence-corrected chi connectivity index (χ2v) is 5.99. The number of carbonyl (C=O) groups is 1. The summed E-state index contributed by atoms with van der Waals surface area (Å²) < 4.78 is 0. The Morgan fingerprint density at radius 3 is 2.62 bits per heavy atom. The van der Waals surface area contributed by atoms with Gasteiger partial charge in [0, 0.05) is 23.6 Å². The summed E-state index contributed by atoms with van der Waals surface area (Å²) in [5, 5.41) is 6.53. The van der Waals surface area contributed by atoms with Crippen LogP contribution < -0.4 is 5.32 Å². The first kappa shape index (κ1) is 14.5. The Bertz CT molecular complexity index is 1020. The average Bonchev–Trinajstić information content (AvgIpc) is 3.03. The van der Waals surface area contributed by atoms with Crippen molar-refractivity contribution in [2.75, 3.05) is 0 Å². The summed E-state index contributed by atoms with van der Waals surface area (Å²) in [4.78, 5) is 15.5. The van der Waals surface area contributed by atoms with Gasteiger partial charge in [0.25, 0.3) is 0 Å². The van der Waals surface area contributed by atoms with E-state index < -0.39 is 0 Å². The van der Waals surface area contributed by atoms with Gasteiger partial charge in [0.1, 0.15) is 0 Å². The maximum Gasteiger partial charge on any atom is 0.224 e. The molecule has 0 aliphatic carbocycles. The summed E-state index contributed by atoms with van der Waals surface area (Å²) in [6.07, 6.45) is 2.30. The van der Waals surface area contributed by atoms with Crippen molar-refractivity contribution >= 4 is 27.6 Å². The third-order valence-electron chi connectivity index (χ3n) is 4.33. The molecule has 0 unspecified atom stereocenters. The highest BCUT2D eigenvalue weighted by molar-refractivity contribution is 5.89. The Labute approximate surface area is 140 Å². The molecular weight excluding hydrogens is 296 g/mol. The number of rotatable bonds is 4. The maximum absolute atomic E-state index is 12.3. The fourth-order valence-corrected chi connectivity index (χ4v) is 3.06. The molecule has 0 aliphatic rings. The summed E-state index contributed by atoms with van der Waals surface area (Å²) in [5.41, 5.74) is 3.21. The average molecular weight is 314 g/mol. The second kappa shape index (κ2) is 6.20. The van der Waals surface area contributed by atoms with Crippen molar-refractivity contribution in [3.8, 4) is 0 Å².